The van der Waals surface area contributed by atoms with Gasteiger partial charge < -0.3 is 14.6 Å². The number of carbonyl (C=O) groups excluding carboxylic acids is 1. The average molecular weight is 327 g/mol. The molecular weight excluding hydrogens is 309 g/mol. The van der Waals surface area contributed by atoms with Crippen LogP contribution in [0, 0.1) is 24.4 Å². The minimum Gasteiger partial charge on any atom is -0.460 e. The lowest BCUT2D eigenvalue weighted by atomic mass is 10.2. The number of hydrogen-bond acceptors (Lipinski definition) is 2. The van der Waals surface area contributed by atoms with Crippen LogP contribution in [0.15, 0.2) is 28.7 Å². The fourth-order valence-corrected chi connectivity index (χ4v) is 2.10. The smallest absolute Gasteiger partial charge is 0.282 e. The van der Waals surface area contributed by atoms with Gasteiger partial charge in [0.05, 0.1) is 12.7 Å². The van der Waals surface area contributed by atoms with E-state index in [9.17, 15) is 18.0 Å². The molecule has 0 saturated carbocycles. The van der Waals surface area contributed by atoms with Crippen molar-refractivity contribution in [3.05, 3.63) is 53.2 Å². The maximum atomic E-state index is 13.6. The molecule has 1 unspecified atom stereocenters. The average Bonchev–Trinajstić information content (AvgIpc) is 2.92. The minimum absolute atomic E-state index is 0.387. The molecule has 1 aromatic carbocycles. The van der Waals surface area contributed by atoms with E-state index < -0.39 is 29.4 Å². The van der Waals surface area contributed by atoms with Crippen molar-refractivity contribution in [1.82, 2.24) is 0 Å². The first-order valence-electron chi connectivity index (χ1n) is 7.11. The van der Waals surface area contributed by atoms with Crippen LogP contribution in [0.4, 0.5) is 18.9 Å². The van der Waals surface area contributed by atoms with Crippen LogP contribution in [-0.4, -0.2) is 19.0 Å². The molecule has 0 aliphatic carbocycles. The summed E-state index contributed by atoms with van der Waals surface area (Å²) in [5, 5.41) is 2.28. The second-order valence-corrected chi connectivity index (χ2v) is 5.47. The molecule has 23 heavy (non-hydrogen) atoms. The summed E-state index contributed by atoms with van der Waals surface area (Å²) in [6, 6.07) is 4.85. The summed E-state index contributed by atoms with van der Waals surface area (Å²) >= 11 is 0. The Morgan fingerprint density at radius 1 is 1.22 bits per heavy atom. The molecule has 4 nitrogen and oxygen atoms in total. The maximum Gasteiger partial charge on any atom is 0.282 e. The van der Waals surface area contributed by atoms with Crippen LogP contribution in [-0.2, 0) is 11.3 Å². The lowest BCUT2D eigenvalue weighted by Crippen LogP contribution is -3.12. The predicted molar refractivity (Wildman–Crippen MR) is 78.4 cm³/mol. The Morgan fingerprint density at radius 3 is 2.52 bits per heavy atom. The van der Waals surface area contributed by atoms with Gasteiger partial charge in [-0.25, -0.2) is 13.2 Å². The lowest BCUT2D eigenvalue weighted by molar-refractivity contribution is -0.908. The first kappa shape index (κ1) is 17.1. The highest BCUT2D eigenvalue weighted by molar-refractivity contribution is 5.93. The Hall–Kier alpha value is -2.28. The summed E-state index contributed by atoms with van der Waals surface area (Å²) in [7, 11) is 1.78. The molecule has 1 heterocycles. The molecule has 1 aromatic heterocycles. The van der Waals surface area contributed by atoms with Crippen molar-refractivity contribution in [3.63, 3.8) is 0 Å². The van der Waals surface area contributed by atoms with E-state index in [-0.39, 0.29) is 5.69 Å². The topological polar surface area (TPSA) is 46.7 Å². The molecule has 0 fully saturated rings. The van der Waals surface area contributed by atoms with E-state index >= 15 is 0 Å². The molecule has 0 saturated heterocycles. The first-order chi connectivity index (χ1) is 10.8. The molecule has 0 bridgehead atoms. The first-order valence-corrected chi connectivity index (χ1v) is 7.11. The molecular formula is C16H18F3N2O2+. The van der Waals surface area contributed by atoms with E-state index in [0.717, 1.165) is 28.6 Å². The fraction of sp³-hybridized carbons (Fsp3) is 0.312. The van der Waals surface area contributed by atoms with Crippen molar-refractivity contribution in [3.8, 4) is 0 Å². The van der Waals surface area contributed by atoms with E-state index in [0.29, 0.717) is 6.54 Å². The molecule has 0 aliphatic rings. The van der Waals surface area contributed by atoms with Gasteiger partial charge in [0, 0.05) is 0 Å². The zero-order valence-electron chi connectivity index (χ0n) is 13.0. The molecule has 1 amide bonds. The number of hydrogen-bond donors (Lipinski definition) is 2. The number of likely N-dealkylation sites (N-methyl/N-ethyl adjacent to an activating group) is 1. The molecule has 2 atom stereocenters. The molecule has 2 aromatic rings. The Kier molecular flexibility index (Phi) is 5.10. The predicted octanol–water partition coefficient (Wildman–Crippen LogP) is 2.05. The SMILES string of the molecule is Cc1ccc(C[NH+](C)[C@@H](C)C(=O)Nc2ccc(F)c(F)c2F)o1. The van der Waals surface area contributed by atoms with E-state index in [1.165, 1.54) is 0 Å². The van der Waals surface area contributed by atoms with Gasteiger partial charge in [-0.3, -0.25) is 4.79 Å². The third-order valence-corrected chi connectivity index (χ3v) is 3.67. The van der Waals surface area contributed by atoms with Gasteiger partial charge in [0.15, 0.2) is 29.3 Å². The summed E-state index contributed by atoms with van der Waals surface area (Å²) in [5.74, 6) is -3.33. The van der Waals surface area contributed by atoms with Crippen molar-refractivity contribution < 1.29 is 27.3 Å². The molecule has 7 heteroatoms. The normalized spacial score (nSPS) is 13.7. The highest BCUT2D eigenvalue weighted by Gasteiger charge is 2.25. The van der Waals surface area contributed by atoms with Crippen molar-refractivity contribution in [2.24, 2.45) is 0 Å². The summed E-state index contributed by atoms with van der Waals surface area (Å²) in [6.45, 7) is 3.93. The number of nitrogens with one attached hydrogen (secondary N) is 2. The minimum atomic E-state index is -1.61. The van der Waals surface area contributed by atoms with Gasteiger partial charge in [-0.15, -0.1) is 0 Å². The zero-order valence-corrected chi connectivity index (χ0v) is 13.0. The number of amides is 1. The molecule has 0 radical (unpaired) electrons. The van der Waals surface area contributed by atoms with Crippen molar-refractivity contribution >= 4 is 11.6 Å². The van der Waals surface area contributed by atoms with Crippen molar-refractivity contribution in [2.75, 3.05) is 12.4 Å². The Balaban J connectivity index is 2.03. The van der Waals surface area contributed by atoms with Crippen LogP contribution in [0.2, 0.25) is 0 Å². The zero-order chi connectivity index (χ0) is 17.1. The Bertz CT molecular complexity index is 715. The third-order valence-electron chi connectivity index (χ3n) is 3.67. The third kappa shape index (κ3) is 3.92. The molecule has 0 spiro atoms. The van der Waals surface area contributed by atoms with Crippen LogP contribution in [0.25, 0.3) is 0 Å². The number of anilines is 1. The number of rotatable bonds is 5. The number of carbonyl (C=O) groups is 1. The van der Waals surface area contributed by atoms with E-state index in [1.807, 2.05) is 19.1 Å². The summed E-state index contributed by atoms with van der Waals surface area (Å²) in [6.07, 6.45) is 0. The molecule has 2 N–H and O–H groups in total. The maximum absolute atomic E-state index is 13.6. The van der Waals surface area contributed by atoms with Gasteiger partial charge >= 0.3 is 0 Å². The second-order valence-electron chi connectivity index (χ2n) is 5.47. The van der Waals surface area contributed by atoms with Crippen LogP contribution in [0.3, 0.4) is 0 Å². The van der Waals surface area contributed by atoms with E-state index in [4.69, 9.17) is 4.42 Å². The van der Waals surface area contributed by atoms with Gasteiger partial charge in [-0.05, 0) is 38.1 Å². The number of benzene rings is 1. The Morgan fingerprint density at radius 2 is 1.91 bits per heavy atom. The standard InChI is InChI=1S/C16H17F3N2O2/c1-9-4-5-11(23-9)8-21(3)10(2)16(22)20-13-7-6-12(17)14(18)15(13)19/h4-7,10H,8H2,1-3H3,(H,20,22)/p+1/t10-/m0/s1. The fourth-order valence-electron chi connectivity index (χ4n) is 2.10. The van der Waals surface area contributed by atoms with E-state index in [1.54, 1.807) is 14.0 Å². The monoisotopic (exact) mass is 327 g/mol. The van der Waals surface area contributed by atoms with Crippen molar-refractivity contribution in [2.45, 2.75) is 26.4 Å². The molecule has 2 rings (SSSR count). The van der Waals surface area contributed by atoms with Gasteiger partial charge in [0.2, 0.25) is 0 Å². The number of quaternary nitrogens is 1. The van der Waals surface area contributed by atoms with Crippen LogP contribution >= 0.6 is 0 Å². The van der Waals surface area contributed by atoms with Gasteiger partial charge in [0.25, 0.3) is 5.91 Å². The molecule has 124 valence electrons. The van der Waals surface area contributed by atoms with Crippen LogP contribution in [0.5, 0.6) is 0 Å². The summed E-state index contributed by atoms with van der Waals surface area (Å²) in [4.78, 5) is 13.0. The Labute approximate surface area is 131 Å². The van der Waals surface area contributed by atoms with Gasteiger partial charge in [-0.2, -0.15) is 0 Å². The molecule has 0 aliphatic heterocycles. The highest BCUT2D eigenvalue weighted by atomic mass is 19.2. The van der Waals surface area contributed by atoms with Gasteiger partial charge in [0.1, 0.15) is 12.3 Å². The van der Waals surface area contributed by atoms with E-state index in [2.05, 4.69) is 5.32 Å². The summed E-state index contributed by atoms with van der Waals surface area (Å²) in [5.41, 5.74) is -0.387. The largest absolute Gasteiger partial charge is 0.460 e. The number of halogens is 3. The quantitative estimate of drug-likeness (QED) is 0.826. The highest BCUT2D eigenvalue weighted by Crippen LogP contribution is 2.19. The summed E-state index contributed by atoms with van der Waals surface area (Å²) < 4.78 is 45.1. The van der Waals surface area contributed by atoms with Crippen LogP contribution < -0.4 is 10.2 Å². The van der Waals surface area contributed by atoms with Gasteiger partial charge in [-0.1, -0.05) is 0 Å². The second kappa shape index (κ2) is 6.87. The van der Waals surface area contributed by atoms with Crippen LogP contribution in [0.1, 0.15) is 18.4 Å². The van der Waals surface area contributed by atoms with Crippen molar-refractivity contribution in [1.29, 1.82) is 0 Å². The number of furan rings is 1. The number of aryl methyl sites for hydroxylation is 1. The lowest BCUT2D eigenvalue weighted by Gasteiger charge is -2.20.